The van der Waals surface area contributed by atoms with Gasteiger partial charge in [0.2, 0.25) is 0 Å². The molecule has 3 rings (SSSR count). The average molecular weight is 457 g/mol. The zero-order valence-electron chi connectivity index (χ0n) is 14.6. The molecule has 1 aromatic carbocycles. The number of carbonyl (C=O) groups excluding carboxylic acids is 1. The van der Waals surface area contributed by atoms with Gasteiger partial charge in [-0.1, -0.05) is 17.8 Å². The smallest absolute Gasteiger partial charge is 0.192 e. The van der Waals surface area contributed by atoms with Crippen LogP contribution >= 0.6 is 40.1 Å². The van der Waals surface area contributed by atoms with Crippen LogP contribution in [-0.4, -0.2) is 44.0 Å². The van der Waals surface area contributed by atoms with Gasteiger partial charge in [-0.25, -0.2) is 0 Å². The van der Waals surface area contributed by atoms with Crippen molar-refractivity contribution in [2.45, 2.75) is 6.42 Å². The summed E-state index contributed by atoms with van der Waals surface area (Å²) in [5.41, 5.74) is 0.792. The summed E-state index contributed by atoms with van der Waals surface area (Å²) in [6, 6.07) is 9.32. The molecule has 0 N–H and O–H groups in total. The van der Waals surface area contributed by atoms with Crippen molar-refractivity contribution in [2.24, 2.45) is 4.99 Å². The molecule has 8 heteroatoms. The molecular formula is C18H21BrN2O3S2. The molecule has 1 aliphatic heterocycles. The maximum absolute atomic E-state index is 12.7. The van der Waals surface area contributed by atoms with E-state index in [0.717, 1.165) is 34.5 Å². The Hall–Kier alpha value is -1.51. The standard InChI is InChI=1S/C18H20N2O3S2.BrH/c1-22-13-6-7-16(23-2)14(11-13)20(18-19-8-4-10-25-18)12-15(21)17-5-3-9-24-17;/h3,5-7,9,11H,4,8,10,12H2,1-2H3;1H. The summed E-state index contributed by atoms with van der Waals surface area (Å²) in [5.74, 6) is 2.46. The third kappa shape index (κ3) is 4.81. The summed E-state index contributed by atoms with van der Waals surface area (Å²) in [6.45, 7) is 0.994. The number of carbonyl (C=O) groups is 1. The summed E-state index contributed by atoms with van der Waals surface area (Å²) >= 11 is 3.12. The number of hydrogen-bond donors (Lipinski definition) is 0. The molecule has 0 aliphatic carbocycles. The fraction of sp³-hybridized carbons (Fsp3) is 0.333. The average Bonchev–Trinajstić information content (AvgIpc) is 3.21. The molecule has 1 aromatic heterocycles. The summed E-state index contributed by atoms with van der Waals surface area (Å²) < 4.78 is 10.9. The number of ether oxygens (including phenoxy) is 2. The maximum Gasteiger partial charge on any atom is 0.192 e. The van der Waals surface area contributed by atoms with E-state index in [4.69, 9.17) is 9.47 Å². The summed E-state index contributed by atoms with van der Waals surface area (Å²) in [5, 5.41) is 2.76. The van der Waals surface area contributed by atoms with Crippen LogP contribution in [0.4, 0.5) is 5.69 Å². The van der Waals surface area contributed by atoms with E-state index in [2.05, 4.69) is 4.99 Å². The van der Waals surface area contributed by atoms with E-state index in [-0.39, 0.29) is 29.3 Å². The lowest BCUT2D eigenvalue weighted by atomic mass is 10.2. The first-order valence-corrected chi connectivity index (χ1v) is 9.83. The molecule has 2 aromatic rings. The number of ketones is 1. The van der Waals surface area contributed by atoms with Gasteiger partial charge < -0.3 is 14.4 Å². The largest absolute Gasteiger partial charge is 0.497 e. The maximum atomic E-state index is 12.7. The number of thioether (sulfide) groups is 1. The monoisotopic (exact) mass is 456 g/mol. The number of rotatable bonds is 6. The highest BCUT2D eigenvalue weighted by atomic mass is 79.9. The van der Waals surface area contributed by atoms with Gasteiger partial charge in [0.25, 0.3) is 0 Å². The second-order valence-corrected chi connectivity index (χ2v) is 7.40. The van der Waals surface area contributed by atoms with Gasteiger partial charge in [-0.15, -0.1) is 28.3 Å². The first-order valence-electron chi connectivity index (χ1n) is 7.96. The molecule has 0 radical (unpaired) electrons. The highest BCUT2D eigenvalue weighted by Crippen LogP contribution is 2.35. The zero-order chi connectivity index (χ0) is 17.6. The van der Waals surface area contributed by atoms with Crippen LogP contribution in [0.1, 0.15) is 16.1 Å². The summed E-state index contributed by atoms with van der Waals surface area (Å²) in [7, 11) is 3.25. The number of thiophene rings is 1. The molecule has 0 saturated heterocycles. The zero-order valence-corrected chi connectivity index (χ0v) is 18.0. The highest BCUT2D eigenvalue weighted by Gasteiger charge is 2.24. The Balaban J connectivity index is 0.00000243. The van der Waals surface area contributed by atoms with E-state index in [9.17, 15) is 4.79 Å². The van der Waals surface area contributed by atoms with E-state index in [1.807, 2.05) is 40.6 Å². The number of Topliss-reactive ketones (excluding diaryl/α,β-unsaturated/α-hetero) is 1. The van der Waals surface area contributed by atoms with E-state index in [1.165, 1.54) is 11.3 Å². The molecule has 140 valence electrons. The first kappa shape index (κ1) is 20.8. The third-order valence-corrected chi connectivity index (χ3v) is 5.80. The molecular weight excluding hydrogens is 436 g/mol. The van der Waals surface area contributed by atoms with Gasteiger partial charge >= 0.3 is 0 Å². The van der Waals surface area contributed by atoms with Crippen molar-refractivity contribution < 1.29 is 14.3 Å². The Morgan fingerprint density at radius 1 is 1.27 bits per heavy atom. The fourth-order valence-electron chi connectivity index (χ4n) is 2.53. The van der Waals surface area contributed by atoms with Crippen LogP contribution in [0.3, 0.4) is 0 Å². The van der Waals surface area contributed by atoms with Crippen molar-refractivity contribution in [1.82, 2.24) is 0 Å². The van der Waals surface area contributed by atoms with E-state index in [1.54, 1.807) is 26.0 Å². The Morgan fingerprint density at radius 3 is 2.73 bits per heavy atom. The number of methoxy groups -OCH3 is 2. The Morgan fingerprint density at radius 2 is 2.12 bits per heavy atom. The topological polar surface area (TPSA) is 51.1 Å². The van der Waals surface area contributed by atoms with Gasteiger partial charge in [0.05, 0.1) is 31.3 Å². The van der Waals surface area contributed by atoms with Crippen molar-refractivity contribution in [1.29, 1.82) is 0 Å². The lowest BCUT2D eigenvalue weighted by Crippen LogP contribution is -2.35. The van der Waals surface area contributed by atoms with Gasteiger partial charge in [-0.3, -0.25) is 9.79 Å². The molecule has 26 heavy (non-hydrogen) atoms. The Bertz CT molecular complexity index is 766. The summed E-state index contributed by atoms with van der Waals surface area (Å²) in [6.07, 6.45) is 1.05. The number of benzene rings is 1. The van der Waals surface area contributed by atoms with E-state index >= 15 is 0 Å². The van der Waals surface area contributed by atoms with Gasteiger partial charge in [0, 0.05) is 18.4 Å². The third-order valence-electron chi connectivity index (χ3n) is 3.79. The van der Waals surface area contributed by atoms with Crippen LogP contribution in [0.2, 0.25) is 0 Å². The minimum atomic E-state index is 0. The predicted octanol–water partition coefficient (Wildman–Crippen LogP) is 4.53. The van der Waals surface area contributed by atoms with Crippen LogP contribution in [0, 0.1) is 0 Å². The molecule has 1 aliphatic rings. The Labute approximate surface area is 172 Å². The van der Waals surface area contributed by atoms with E-state index < -0.39 is 0 Å². The van der Waals surface area contributed by atoms with Gasteiger partial charge in [-0.05, 0) is 30.0 Å². The van der Waals surface area contributed by atoms with Crippen LogP contribution in [0.25, 0.3) is 0 Å². The molecule has 0 spiro atoms. The van der Waals surface area contributed by atoms with Crippen molar-refractivity contribution in [2.75, 3.05) is 38.0 Å². The second kappa shape index (κ2) is 9.99. The van der Waals surface area contributed by atoms with Crippen LogP contribution < -0.4 is 14.4 Å². The Kier molecular flexibility index (Phi) is 7.99. The molecule has 0 saturated carbocycles. The molecule has 0 unspecified atom stereocenters. The molecule has 2 heterocycles. The van der Waals surface area contributed by atoms with Crippen LogP contribution in [-0.2, 0) is 0 Å². The number of amidine groups is 1. The molecule has 5 nitrogen and oxygen atoms in total. The van der Waals surface area contributed by atoms with Gasteiger partial charge in [-0.2, -0.15) is 0 Å². The first-order chi connectivity index (χ1) is 12.2. The number of hydrogen-bond acceptors (Lipinski definition) is 7. The van der Waals surface area contributed by atoms with Crippen molar-refractivity contribution in [3.8, 4) is 11.5 Å². The molecule has 0 amide bonds. The SMILES string of the molecule is Br.COc1ccc(OC)c(N(CC(=O)c2cccs2)C2=NCCCS2)c1. The van der Waals surface area contributed by atoms with Crippen LogP contribution in [0.5, 0.6) is 11.5 Å². The quantitative estimate of drug-likeness (QED) is 0.597. The van der Waals surface area contributed by atoms with Gasteiger partial charge in [0.1, 0.15) is 11.5 Å². The molecule has 0 fully saturated rings. The molecule has 0 atom stereocenters. The molecule has 0 bridgehead atoms. The lowest BCUT2D eigenvalue weighted by Gasteiger charge is -2.28. The normalized spacial score (nSPS) is 13.4. The lowest BCUT2D eigenvalue weighted by molar-refractivity contribution is 0.101. The van der Waals surface area contributed by atoms with Crippen molar-refractivity contribution in [3.63, 3.8) is 0 Å². The number of halogens is 1. The van der Waals surface area contributed by atoms with Gasteiger partial charge in [0.15, 0.2) is 11.0 Å². The predicted molar refractivity (Wildman–Crippen MR) is 115 cm³/mol. The fourth-order valence-corrected chi connectivity index (χ4v) is 4.15. The van der Waals surface area contributed by atoms with Crippen LogP contribution in [0.15, 0.2) is 40.7 Å². The second-order valence-electron chi connectivity index (χ2n) is 5.39. The van der Waals surface area contributed by atoms with Crippen molar-refractivity contribution in [3.05, 3.63) is 40.6 Å². The number of anilines is 1. The minimum Gasteiger partial charge on any atom is -0.497 e. The number of nitrogens with zero attached hydrogens (tertiary/aromatic N) is 2. The van der Waals surface area contributed by atoms with Crippen molar-refractivity contribution >= 4 is 56.7 Å². The highest BCUT2D eigenvalue weighted by molar-refractivity contribution is 8.93. The van der Waals surface area contributed by atoms with E-state index in [0.29, 0.717) is 11.5 Å². The minimum absolute atomic E-state index is 0. The number of aliphatic imine (C=N–C) groups is 1. The summed E-state index contributed by atoms with van der Waals surface area (Å²) in [4.78, 5) is 20.0.